The Bertz CT molecular complexity index is 331. The molecule has 0 unspecified atom stereocenters. The number of nitrogens with zero attached hydrogens (tertiary/aromatic N) is 1. The minimum absolute atomic E-state index is 0.0803. The van der Waals surface area contributed by atoms with Crippen molar-refractivity contribution in [1.82, 2.24) is 4.90 Å². The minimum atomic E-state index is -0.592. The van der Waals surface area contributed by atoms with Crippen LogP contribution in [0.3, 0.4) is 0 Å². The van der Waals surface area contributed by atoms with E-state index in [9.17, 15) is 9.90 Å². The molecule has 0 bridgehead atoms. The van der Waals surface area contributed by atoms with Crippen molar-refractivity contribution in [2.45, 2.75) is 44.1 Å². The van der Waals surface area contributed by atoms with Crippen molar-refractivity contribution in [2.75, 3.05) is 33.4 Å². The van der Waals surface area contributed by atoms with Gasteiger partial charge in [-0.15, -0.1) is 0 Å². The molecular formula is C14H26N2O3. The molecule has 1 saturated carbocycles. The van der Waals surface area contributed by atoms with Gasteiger partial charge in [-0.05, 0) is 38.5 Å². The number of hydrogen-bond acceptors (Lipinski definition) is 4. The van der Waals surface area contributed by atoms with Crippen LogP contribution in [-0.2, 0) is 9.53 Å². The van der Waals surface area contributed by atoms with Gasteiger partial charge in [-0.3, -0.25) is 4.79 Å². The van der Waals surface area contributed by atoms with E-state index in [1.54, 1.807) is 7.11 Å². The summed E-state index contributed by atoms with van der Waals surface area (Å²) in [5, 5.41) is 9.75. The molecule has 1 aliphatic heterocycles. The molecule has 0 spiro atoms. The second-order valence-corrected chi connectivity index (χ2v) is 6.24. The molecule has 2 fully saturated rings. The fraction of sp³-hybridized carbons (Fsp3) is 0.929. The van der Waals surface area contributed by atoms with E-state index < -0.39 is 5.54 Å². The van der Waals surface area contributed by atoms with Gasteiger partial charge in [0.05, 0.1) is 12.1 Å². The van der Waals surface area contributed by atoms with Crippen LogP contribution in [0, 0.1) is 5.41 Å². The number of methoxy groups -OCH3 is 1. The molecule has 0 aromatic carbocycles. The van der Waals surface area contributed by atoms with E-state index in [-0.39, 0.29) is 17.9 Å². The molecule has 110 valence electrons. The molecule has 19 heavy (non-hydrogen) atoms. The molecule has 5 heteroatoms. The Kier molecular flexibility index (Phi) is 4.48. The van der Waals surface area contributed by atoms with E-state index in [1.807, 2.05) is 4.90 Å². The van der Waals surface area contributed by atoms with Gasteiger partial charge in [0, 0.05) is 32.2 Å². The van der Waals surface area contributed by atoms with Gasteiger partial charge in [0.1, 0.15) is 0 Å². The van der Waals surface area contributed by atoms with Crippen molar-refractivity contribution in [2.24, 2.45) is 11.1 Å². The summed E-state index contributed by atoms with van der Waals surface area (Å²) in [6, 6.07) is 0. The lowest BCUT2D eigenvalue weighted by molar-refractivity contribution is -0.138. The molecule has 1 aliphatic carbocycles. The van der Waals surface area contributed by atoms with Crippen LogP contribution < -0.4 is 5.73 Å². The SMILES string of the molecule is COCCC[C@]1(CO)CCCN(C(=O)C2(N)CC2)C1. The average molecular weight is 270 g/mol. The highest BCUT2D eigenvalue weighted by atomic mass is 16.5. The first-order valence-electron chi connectivity index (χ1n) is 7.23. The van der Waals surface area contributed by atoms with Crippen molar-refractivity contribution in [3.63, 3.8) is 0 Å². The molecule has 1 atom stereocenters. The highest BCUT2D eigenvalue weighted by Crippen LogP contribution is 2.39. The summed E-state index contributed by atoms with van der Waals surface area (Å²) in [5.41, 5.74) is 5.25. The van der Waals surface area contributed by atoms with Crippen molar-refractivity contribution in [3.05, 3.63) is 0 Å². The number of piperidine rings is 1. The average Bonchev–Trinajstić information content (AvgIpc) is 3.18. The summed E-state index contributed by atoms with van der Waals surface area (Å²) < 4.78 is 5.08. The summed E-state index contributed by atoms with van der Waals surface area (Å²) in [6.07, 6.45) is 5.37. The lowest BCUT2D eigenvalue weighted by atomic mass is 9.76. The maximum Gasteiger partial charge on any atom is 0.242 e. The van der Waals surface area contributed by atoms with E-state index in [0.29, 0.717) is 13.2 Å². The van der Waals surface area contributed by atoms with Crippen LogP contribution in [0.2, 0.25) is 0 Å². The first-order chi connectivity index (χ1) is 9.05. The molecule has 0 aromatic heterocycles. The molecule has 2 rings (SSSR count). The number of aliphatic hydroxyl groups is 1. The van der Waals surface area contributed by atoms with Gasteiger partial charge in [0.25, 0.3) is 0 Å². The Balaban J connectivity index is 1.95. The molecule has 1 heterocycles. The van der Waals surface area contributed by atoms with Gasteiger partial charge in [0.15, 0.2) is 0 Å². The van der Waals surface area contributed by atoms with Crippen LogP contribution in [0.5, 0.6) is 0 Å². The number of nitrogens with two attached hydrogens (primary N) is 1. The molecule has 3 N–H and O–H groups in total. The van der Waals surface area contributed by atoms with Gasteiger partial charge in [0.2, 0.25) is 5.91 Å². The fourth-order valence-electron chi connectivity index (χ4n) is 3.05. The third kappa shape index (κ3) is 3.27. The number of amides is 1. The number of carbonyl (C=O) groups is 1. The van der Waals surface area contributed by atoms with Crippen LogP contribution >= 0.6 is 0 Å². The third-order valence-electron chi connectivity index (χ3n) is 4.55. The van der Waals surface area contributed by atoms with Crippen molar-refractivity contribution in [1.29, 1.82) is 0 Å². The number of ether oxygens (including phenoxy) is 1. The summed E-state index contributed by atoms with van der Waals surface area (Å²) in [4.78, 5) is 14.2. The predicted octanol–water partition coefficient (Wildman–Crippen LogP) is 0.505. The predicted molar refractivity (Wildman–Crippen MR) is 72.6 cm³/mol. The summed E-state index contributed by atoms with van der Waals surface area (Å²) >= 11 is 0. The summed E-state index contributed by atoms with van der Waals surface area (Å²) in [6.45, 7) is 2.27. The van der Waals surface area contributed by atoms with Gasteiger partial charge in [-0.1, -0.05) is 0 Å². The van der Waals surface area contributed by atoms with Gasteiger partial charge >= 0.3 is 0 Å². The summed E-state index contributed by atoms with van der Waals surface area (Å²) in [5.74, 6) is 0.0803. The molecule has 1 amide bonds. The lowest BCUT2D eigenvalue weighted by Gasteiger charge is -2.42. The Labute approximate surface area is 115 Å². The Morgan fingerprint density at radius 3 is 2.74 bits per heavy atom. The number of rotatable bonds is 6. The van der Waals surface area contributed by atoms with E-state index in [1.165, 1.54) is 0 Å². The van der Waals surface area contributed by atoms with Gasteiger partial charge in [-0.25, -0.2) is 0 Å². The molecule has 0 aromatic rings. The quantitative estimate of drug-likeness (QED) is 0.689. The topological polar surface area (TPSA) is 75.8 Å². The maximum absolute atomic E-state index is 12.3. The van der Waals surface area contributed by atoms with E-state index in [4.69, 9.17) is 10.5 Å². The van der Waals surface area contributed by atoms with Crippen LogP contribution in [0.1, 0.15) is 38.5 Å². The largest absolute Gasteiger partial charge is 0.396 e. The van der Waals surface area contributed by atoms with Crippen LogP contribution in [0.15, 0.2) is 0 Å². The van der Waals surface area contributed by atoms with E-state index in [2.05, 4.69) is 0 Å². The van der Waals surface area contributed by atoms with Gasteiger partial charge < -0.3 is 20.5 Å². The monoisotopic (exact) mass is 270 g/mol. The smallest absolute Gasteiger partial charge is 0.242 e. The van der Waals surface area contributed by atoms with Crippen LogP contribution in [-0.4, -0.2) is 54.9 Å². The molecule has 5 nitrogen and oxygen atoms in total. The first kappa shape index (κ1) is 14.8. The Hall–Kier alpha value is -0.650. The molecule has 2 aliphatic rings. The van der Waals surface area contributed by atoms with E-state index >= 15 is 0 Å². The second-order valence-electron chi connectivity index (χ2n) is 6.24. The van der Waals surface area contributed by atoms with E-state index in [0.717, 1.165) is 45.1 Å². The fourth-order valence-corrected chi connectivity index (χ4v) is 3.05. The van der Waals surface area contributed by atoms with Crippen LogP contribution in [0.4, 0.5) is 0 Å². The number of likely N-dealkylation sites (tertiary alicyclic amines) is 1. The normalized spacial score (nSPS) is 29.3. The van der Waals surface area contributed by atoms with Crippen molar-refractivity contribution < 1.29 is 14.6 Å². The molecular weight excluding hydrogens is 244 g/mol. The first-order valence-corrected chi connectivity index (χ1v) is 7.23. The number of aliphatic hydroxyl groups excluding tert-OH is 1. The minimum Gasteiger partial charge on any atom is -0.396 e. The Morgan fingerprint density at radius 1 is 1.42 bits per heavy atom. The number of carbonyl (C=O) groups excluding carboxylic acids is 1. The summed E-state index contributed by atoms with van der Waals surface area (Å²) in [7, 11) is 1.69. The highest BCUT2D eigenvalue weighted by molar-refractivity contribution is 5.89. The highest BCUT2D eigenvalue weighted by Gasteiger charge is 2.50. The third-order valence-corrected chi connectivity index (χ3v) is 4.55. The standard InChI is InChI=1S/C14H26N2O3/c1-19-9-3-5-13(11-17)4-2-8-16(10-13)12(18)14(15)6-7-14/h17H,2-11,15H2,1H3/t13-/m1/s1. The second kappa shape index (κ2) is 5.77. The zero-order valence-electron chi connectivity index (χ0n) is 11.9. The van der Waals surface area contributed by atoms with Crippen LogP contribution in [0.25, 0.3) is 0 Å². The Morgan fingerprint density at radius 2 is 2.16 bits per heavy atom. The van der Waals surface area contributed by atoms with Crippen molar-refractivity contribution >= 4 is 5.91 Å². The lowest BCUT2D eigenvalue weighted by Crippen LogP contribution is -2.53. The zero-order valence-corrected chi connectivity index (χ0v) is 11.9. The van der Waals surface area contributed by atoms with Gasteiger partial charge in [-0.2, -0.15) is 0 Å². The molecule has 0 radical (unpaired) electrons. The van der Waals surface area contributed by atoms with Crippen molar-refractivity contribution in [3.8, 4) is 0 Å². The number of hydrogen-bond donors (Lipinski definition) is 2. The maximum atomic E-state index is 12.3. The zero-order chi connectivity index (χ0) is 13.9. The molecule has 1 saturated heterocycles.